The van der Waals surface area contributed by atoms with Crippen LogP contribution in [0.5, 0.6) is 5.75 Å². The molecule has 0 bridgehead atoms. The van der Waals surface area contributed by atoms with Crippen molar-refractivity contribution in [1.82, 2.24) is 5.32 Å². The summed E-state index contributed by atoms with van der Waals surface area (Å²) in [4.78, 5) is 12.1. The van der Waals surface area contributed by atoms with Gasteiger partial charge in [0, 0.05) is 11.3 Å². The second kappa shape index (κ2) is 8.40. The summed E-state index contributed by atoms with van der Waals surface area (Å²) in [7, 11) is 0. The third-order valence-electron chi connectivity index (χ3n) is 3.36. The number of nitrogens with one attached hydrogen (secondary N) is 2. The SMILES string of the molecule is CCC(C)Oc1ccc(C(=O)NC(=S)Nc2ccc(F)cc2)cc1. The van der Waals surface area contributed by atoms with Gasteiger partial charge in [-0.2, -0.15) is 0 Å². The molecule has 24 heavy (non-hydrogen) atoms. The van der Waals surface area contributed by atoms with E-state index in [1.54, 1.807) is 24.3 Å². The molecule has 4 nitrogen and oxygen atoms in total. The van der Waals surface area contributed by atoms with Crippen LogP contribution in [-0.4, -0.2) is 17.1 Å². The van der Waals surface area contributed by atoms with E-state index in [0.717, 1.165) is 6.42 Å². The molecule has 0 radical (unpaired) electrons. The van der Waals surface area contributed by atoms with Gasteiger partial charge in [-0.05, 0) is 74.1 Å². The number of anilines is 1. The number of halogens is 1. The van der Waals surface area contributed by atoms with Crippen LogP contribution in [0.3, 0.4) is 0 Å². The molecule has 1 atom stereocenters. The monoisotopic (exact) mass is 346 g/mol. The third kappa shape index (κ3) is 5.31. The van der Waals surface area contributed by atoms with E-state index < -0.39 is 0 Å². The number of benzene rings is 2. The van der Waals surface area contributed by atoms with E-state index in [9.17, 15) is 9.18 Å². The van der Waals surface area contributed by atoms with Gasteiger partial charge >= 0.3 is 0 Å². The lowest BCUT2D eigenvalue weighted by atomic mass is 10.2. The van der Waals surface area contributed by atoms with Crippen LogP contribution >= 0.6 is 12.2 Å². The molecule has 0 aliphatic carbocycles. The number of hydrogen-bond acceptors (Lipinski definition) is 3. The average Bonchev–Trinajstić information content (AvgIpc) is 2.57. The molecule has 0 saturated carbocycles. The topological polar surface area (TPSA) is 50.4 Å². The van der Waals surface area contributed by atoms with Crippen LogP contribution in [0.4, 0.5) is 10.1 Å². The Morgan fingerprint density at radius 2 is 1.79 bits per heavy atom. The molecule has 0 spiro atoms. The van der Waals surface area contributed by atoms with Crippen LogP contribution in [0.15, 0.2) is 48.5 Å². The molecule has 0 saturated heterocycles. The summed E-state index contributed by atoms with van der Waals surface area (Å²) in [5, 5.41) is 5.55. The lowest BCUT2D eigenvalue weighted by Crippen LogP contribution is -2.34. The lowest BCUT2D eigenvalue weighted by Gasteiger charge is -2.13. The highest BCUT2D eigenvalue weighted by atomic mass is 32.1. The summed E-state index contributed by atoms with van der Waals surface area (Å²) < 4.78 is 18.5. The molecule has 126 valence electrons. The van der Waals surface area contributed by atoms with E-state index in [-0.39, 0.29) is 22.9 Å². The largest absolute Gasteiger partial charge is 0.491 e. The van der Waals surface area contributed by atoms with Crippen molar-refractivity contribution in [3.63, 3.8) is 0 Å². The van der Waals surface area contributed by atoms with E-state index in [0.29, 0.717) is 17.0 Å². The summed E-state index contributed by atoms with van der Waals surface area (Å²) >= 11 is 5.08. The zero-order valence-electron chi connectivity index (χ0n) is 13.5. The Morgan fingerprint density at radius 1 is 1.17 bits per heavy atom. The maximum Gasteiger partial charge on any atom is 0.257 e. The number of carbonyl (C=O) groups is 1. The van der Waals surface area contributed by atoms with Crippen molar-refractivity contribution in [2.45, 2.75) is 26.4 Å². The Balaban J connectivity index is 1.91. The molecule has 1 amide bonds. The molecule has 0 aliphatic rings. The van der Waals surface area contributed by atoms with Gasteiger partial charge in [-0.15, -0.1) is 0 Å². The van der Waals surface area contributed by atoms with Gasteiger partial charge in [0.05, 0.1) is 6.10 Å². The molecular weight excluding hydrogens is 327 g/mol. The minimum atomic E-state index is -0.338. The van der Waals surface area contributed by atoms with Crippen molar-refractivity contribution in [3.05, 3.63) is 59.9 Å². The molecular formula is C18H19FN2O2S. The van der Waals surface area contributed by atoms with Gasteiger partial charge in [0.2, 0.25) is 0 Å². The van der Waals surface area contributed by atoms with E-state index >= 15 is 0 Å². The molecule has 6 heteroatoms. The maximum atomic E-state index is 12.8. The van der Waals surface area contributed by atoms with E-state index in [4.69, 9.17) is 17.0 Å². The molecule has 1 unspecified atom stereocenters. The highest BCUT2D eigenvalue weighted by Gasteiger charge is 2.09. The zero-order chi connectivity index (χ0) is 17.5. The first-order valence-corrected chi connectivity index (χ1v) is 8.03. The molecule has 2 aromatic rings. The number of ether oxygens (including phenoxy) is 1. The second-order valence-electron chi connectivity index (χ2n) is 5.28. The average molecular weight is 346 g/mol. The van der Waals surface area contributed by atoms with Crippen molar-refractivity contribution in [2.75, 3.05) is 5.32 Å². The van der Waals surface area contributed by atoms with Crippen LogP contribution < -0.4 is 15.4 Å². The van der Waals surface area contributed by atoms with Crippen molar-refractivity contribution in [3.8, 4) is 5.75 Å². The first-order chi connectivity index (χ1) is 11.5. The van der Waals surface area contributed by atoms with Crippen molar-refractivity contribution < 1.29 is 13.9 Å². The number of hydrogen-bond donors (Lipinski definition) is 2. The van der Waals surface area contributed by atoms with E-state index in [2.05, 4.69) is 10.6 Å². The fraction of sp³-hybridized carbons (Fsp3) is 0.222. The summed E-state index contributed by atoms with van der Waals surface area (Å²) in [6.45, 7) is 4.03. The molecule has 0 heterocycles. The van der Waals surface area contributed by atoms with Gasteiger partial charge in [0.25, 0.3) is 5.91 Å². The Kier molecular flexibility index (Phi) is 6.26. The first kappa shape index (κ1) is 17.9. The molecule has 0 aromatic heterocycles. The number of amides is 1. The Hall–Kier alpha value is -2.47. The van der Waals surface area contributed by atoms with Crippen LogP contribution in [0.25, 0.3) is 0 Å². The lowest BCUT2D eigenvalue weighted by molar-refractivity contribution is 0.0977. The van der Waals surface area contributed by atoms with Crippen LogP contribution in [0.2, 0.25) is 0 Å². The summed E-state index contributed by atoms with van der Waals surface area (Å²) in [5.74, 6) is 0.0489. The fourth-order valence-corrected chi connectivity index (χ4v) is 2.08. The first-order valence-electron chi connectivity index (χ1n) is 7.62. The summed E-state index contributed by atoms with van der Waals surface area (Å²) in [5.41, 5.74) is 1.06. The van der Waals surface area contributed by atoms with Crippen molar-refractivity contribution in [2.24, 2.45) is 0 Å². The Labute approximate surface area is 146 Å². The van der Waals surface area contributed by atoms with Crippen LogP contribution in [0, 0.1) is 5.82 Å². The van der Waals surface area contributed by atoms with Gasteiger partial charge in [0.15, 0.2) is 5.11 Å². The number of carbonyl (C=O) groups excluding carboxylic acids is 1. The quantitative estimate of drug-likeness (QED) is 0.799. The molecule has 2 N–H and O–H groups in total. The number of rotatable bonds is 5. The maximum absolute atomic E-state index is 12.8. The van der Waals surface area contributed by atoms with E-state index in [1.165, 1.54) is 24.3 Å². The van der Waals surface area contributed by atoms with Gasteiger partial charge < -0.3 is 10.1 Å². The number of thiocarbonyl (C=S) groups is 1. The highest BCUT2D eigenvalue weighted by molar-refractivity contribution is 7.80. The smallest absolute Gasteiger partial charge is 0.257 e. The van der Waals surface area contributed by atoms with Crippen molar-refractivity contribution in [1.29, 1.82) is 0 Å². The van der Waals surface area contributed by atoms with Gasteiger partial charge in [0.1, 0.15) is 11.6 Å². The molecule has 0 fully saturated rings. The van der Waals surface area contributed by atoms with Crippen LogP contribution in [-0.2, 0) is 0 Å². The second-order valence-corrected chi connectivity index (χ2v) is 5.68. The molecule has 0 aliphatic heterocycles. The molecule has 2 aromatic carbocycles. The van der Waals surface area contributed by atoms with Gasteiger partial charge in [-0.25, -0.2) is 4.39 Å². The Bertz CT molecular complexity index is 702. The zero-order valence-corrected chi connectivity index (χ0v) is 14.3. The minimum Gasteiger partial charge on any atom is -0.491 e. The van der Waals surface area contributed by atoms with Gasteiger partial charge in [-0.1, -0.05) is 6.92 Å². The van der Waals surface area contributed by atoms with Crippen LogP contribution in [0.1, 0.15) is 30.6 Å². The van der Waals surface area contributed by atoms with E-state index in [1.807, 2.05) is 13.8 Å². The van der Waals surface area contributed by atoms with Gasteiger partial charge in [-0.3, -0.25) is 10.1 Å². The summed E-state index contributed by atoms with van der Waals surface area (Å²) in [6.07, 6.45) is 1.03. The standard InChI is InChI=1S/C18H19FN2O2S/c1-3-12(2)23-16-10-4-13(5-11-16)17(22)21-18(24)20-15-8-6-14(19)7-9-15/h4-12H,3H2,1-2H3,(H2,20,21,22,24). The minimum absolute atomic E-state index is 0.122. The molecule has 2 rings (SSSR count). The Morgan fingerprint density at radius 3 is 2.38 bits per heavy atom. The highest BCUT2D eigenvalue weighted by Crippen LogP contribution is 2.15. The van der Waals surface area contributed by atoms with Crippen molar-refractivity contribution >= 4 is 28.9 Å². The third-order valence-corrected chi connectivity index (χ3v) is 3.56. The summed E-state index contributed by atoms with van der Waals surface area (Å²) in [6, 6.07) is 12.5. The predicted octanol–water partition coefficient (Wildman–Crippen LogP) is 4.13. The normalized spacial score (nSPS) is 11.5. The predicted molar refractivity (Wildman–Crippen MR) is 96.9 cm³/mol. The fourth-order valence-electron chi connectivity index (χ4n) is 1.87.